The molecule has 1 aromatic carbocycles. The van der Waals surface area contributed by atoms with E-state index in [0.29, 0.717) is 22.2 Å². The Hall–Kier alpha value is -0.770. The molecule has 0 aliphatic heterocycles. The molecule has 0 saturated heterocycles. The quantitative estimate of drug-likeness (QED) is 0.849. The zero-order chi connectivity index (χ0) is 12.1. The van der Waals surface area contributed by atoms with Gasteiger partial charge >= 0.3 is 5.97 Å². The number of carbonyl (C=O) groups excluding carboxylic acids is 1. The number of rotatable bonds is 4. The molecule has 88 valence electrons. The third-order valence-corrected chi connectivity index (χ3v) is 2.63. The number of hydrogen-bond acceptors (Lipinski definition) is 3. The van der Waals surface area contributed by atoms with Crippen LogP contribution in [0.15, 0.2) is 18.2 Å². The molecule has 0 bridgehead atoms. The largest absolute Gasteiger partial charge is 0.466 e. The summed E-state index contributed by atoms with van der Waals surface area (Å²) >= 11 is 11.8. The molecule has 0 radical (unpaired) electrons. The van der Waals surface area contributed by atoms with Gasteiger partial charge in [0.15, 0.2) is 0 Å². The molecule has 2 N–H and O–H groups in total. The summed E-state index contributed by atoms with van der Waals surface area (Å²) in [6.45, 7) is 2.09. The summed E-state index contributed by atoms with van der Waals surface area (Å²) < 4.78 is 4.81. The van der Waals surface area contributed by atoms with Crippen LogP contribution in [0, 0.1) is 0 Å². The summed E-state index contributed by atoms with van der Waals surface area (Å²) in [5.74, 6) is -0.342. The standard InChI is InChI=1S/C11H13Cl2NO2/c1-2-16-11(15)6-10(14)8-5-7(12)3-4-9(8)13/h3-5,10H,2,6,14H2,1H3/t10-/m0/s1. The fourth-order valence-electron chi connectivity index (χ4n) is 1.31. The topological polar surface area (TPSA) is 52.3 Å². The summed E-state index contributed by atoms with van der Waals surface area (Å²) in [5.41, 5.74) is 6.51. The van der Waals surface area contributed by atoms with Gasteiger partial charge in [0.1, 0.15) is 0 Å². The van der Waals surface area contributed by atoms with Gasteiger partial charge < -0.3 is 10.5 Å². The van der Waals surface area contributed by atoms with Crippen molar-refractivity contribution in [2.45, 2.75) is 19.4 Å². The predicted molar refractivity (Wildman–Crippen MR) is 64.6 cm³/mol. The first-order valence-corrected chi connectivity index (χ1v) is 5.66. The number of nitrogens with two attached hydrogens (primary N) is 1. The highest BCUT2D eigenvalue weighted by atomic mass is 35.5. The summed E-state index contributed by atoms with van der Waals surface area (Å²) in [5, 5.41) is 1.04. The Labute approximate surface area is 104 Å². The van der Waals surface area contributed by atoms with Crippen molar-refractivity contribution in [2.24, 2.45) is 5.73 Å². The van der Waals surface area contributed by atoms with Gasteiger partial charge in [0.25, 0.3) is 0 Å². The van der Waals surface area contributed by atoms with Gasteiger partial charge in [-0.3, -0.25) is 4.79 Å². The fraction of sp³-hybridized carbons (Fsp3) is 0.364. The first-order chi connectivity index (χ1) is 7.54. The van der Waals surface area contributed by atoms with Crippen molar-refractivity contribution in [1.82, 2.24) is 0 Å². The molecule has 0 aliphatic rings. The molecule has 0 amide bonds. The molecule has 0 aromatic heterocycles. The fourth-order valence-corrected chi connectivity index (χ4v) is 1.75. The van der Waals surface area contributed by atoms with Crippen LogP contribution in [0.2, 0.25) is 10.0 Å². The second-order valence-electron chi connectivity index (χ2n) is 3.28. The molecular formula is C11H13Cl2NO2. The maximum Gasteiger partial charge on any atom is 0.307 e. The minimum atomic E-state index is -0.495. The summed E-state index contributed by atoms with van der Waals surface area (Å²) in [4.78, 5) is 11.2. The molecule has 0 saturated carbocycles. The molecular weight excluding hydrogens is 249 g/mol. The first kappa shape index (κ1) is 13.3. The van der Waals surface area contributed by atoms with E-state index < -0.39 is 6.04 Å². The van der Waals surface area contributed by atoms with E-state index in [0.717, 1.165) is 0 Å². The minimum absolute atomic E-state index is 0.0912. The van der Waals surface area contributed by atoms with Crippen molar-refractivity contribution in [3.63, 3.8) is 0 Å². The number of hydrogen-bond donors (Lipinski definition) is 1. The molecule has 0 fully saturated rings. The van der Waals surface area contributed by atoms with Crippen LogP contribution in [0.1, 0.15) is 24.9 Å². The average Bonchev–Trinajstić information content (AvgIpc) is 2.21. The van der Waals surface area contributed by atoms with E-state index in [4.69, 9.17) is 33.7 Å². The Morgan fingerprint density at radius 3 is 2.81 bits per heavy atom. The van der Waals surface area contributed by atoms with Gasteiger partial charge in [-0.05, 0) is 30.7 Å². The van der Waals surface area contributed by atoms with E-state index >= 15 is 0 Å². The van der Waals surface area contributed by atoms with E-state index in [1.54, 1.807) is 25.1 Å². The molecule has 0 aliphatic carbocycles. The van der Waals surface area contributed by atoms with Crippen LogP contribution in [-0.2, 0) is 9.53 Å². The molecule has 16 heavy (non-hydrogen) atoms. The first-order valence-electron chi connectivity index (χ1n) is 4.90. The van der Waals surface area contributed by atoms with Crippen molar-refractivity contribution in [2.75, 3.05) is 6.61 Å². The highest BCUT2D eigenvalue weighted by Gasteiger charge is 2.15. The van der Waals surface area contributed by atoms with Crippen molar-refractivity contribution in [3.8, 4) is 0 Å². The van der Waals surface area contributed by atoms with E-state index in [1.807, 2.05) is 0 Å². The molecule has 0 unspecified atom stereocenters. The highest BCUT2D eigenvalue weighted by molar-refractivity contribution is 6.33. The Balaban J connectivity index is 2.76. The van der Waals surface area contributed by atoms with Crippen LogP contribution < -0.4 is 5.73 Å². The van der Waals surface area contributed by atoms with Crippen molar-refractivity contribution in [1.29, 1.82) is 0 Å². The van der Waals surface area contributed by atoms with Crippen molar-refractivity contribution >= 4 is 29.2 Å². The average molecular weight is 262 g/mol. The van der Waals surface area contributed by atoms with Crippen LogP contribution >= 0.6 is 23.2 Å². The minimum Gasteiger partial charge on any atom is -0.466 e. The molecule has 1 atom stereocenters. The third-order valence-electron chi connectivity index (χ3n) is 2.05. The number of halogens is 2. The lowest BCUT2D eigenvalue weighted by atomic mass is 10.0. The van der Waals surface area contributed by atoms with Crippen LogP contribution in [0.4, 0.5) is 0 Å². The van der Waals surface area contributed by atoms with Crippen LogP contribution in [0.25, 0.3) is 0 Å². The maximum absolute atomic E-state index is 11.2. The van der Waals surface area contributed by atoms with Gasteiger partial charge in [0.2, 0.25) is 0 Å². The Morgan fingerprint density at radius 2 is 2.19 bits per heavy atom. The van der Waals surface area contributed by atoms with E-state index in [9.17, 15) is 4.79 Å². The third kappa shape index (κ3) is 3.67. The number of ether oxygens (including phenoxy) is 1. The maximum atomic E-state index is 11.2. The Bertz CT molecular complexity index is 382. The van der Waals surface area contributed by atoms with Gasteiger partial charge in [-0.25, -0.2) is 0 Å². The normalized spacial score (nSPS) is 12.2. The zero-order valence-electron chi connectivity index (χ0n) is 8.87. The number of esters is 1. The van der Waals surface area contributed by atoms with Crippen molar-refractivity contribution < 1.29 is 9.53 Å². The zero-order valence-corrected chi connectivity index (χ0v) is 10.4. The SMILES string of the molecule is CCOC(=O)C[C@H](N)c1cc(Cl)ccc1Cl. The van der Waals surface area contributed by atoms with Gasteiger partial charge in [-0.2, -0.15) is 0 Å². The Morgan fingerprint density at radius 1 is 1.50 bits per heavy atom. The molecule has 0 spiro atoms. The van der Waals surface area contributed by atoms with Crippen LogP contribution in [0.5, 0.6) is 0 Å². The molecule has 3 nitrogen and oxygen atoms in total. The molecule has 1 rings (SSSR count). The Kier molecular flexibility index (Phi) is 5.06. The lowest BCUT2D eigenvalue weighted by Crippen LogP contribution is -2.17. The van der Waals surface area contributed by atoms with E-state index in [2.05, 4.69) is 0 Å². The molecule has 0 heterocycles. The highest BCUT2D eigenvalue weighted by Crippen LogP contribution is 2.26. The second kappa shape index (κ2) is 6.09. The monoisotopic (exact) mass is 261 g/mol. The van der Waals surface area contributed by atoms with Gasteiger partial charge in [-0.15, -0.1) is 0 Å². The second-order valence-corrected chi connectivity index (χ2v) is 4.13. The molecule has 1 aromatic rings. The van der Waals surface area contributed by atoms with Crippen LogP contribution in [0.3, 0.4) is 0 Å². The smallest absolute Gasteiger partial charge is 0.307 e. The predicted octanol–water partition coefficient (Wildman–Crippen LogP) is 2.95. The summed E-state index contributed by atoms with van der Waals surface area (Å²) in [7, 11) is 0. The van der Waals surface area contributed by atoms with Gasteiger partial charge in [0.05, 0.1) is 13.0 Å². The van der Waals surface area contributed by atoms with E-state index in [1.165, 1.54) is 0 Å². The lowest BCUT2D eigenvalue weighted by molar-refractivity contribution is -0.143. The number of carbonyl (C=O) groups is 1. The molecule has 5 heteroatoms. The van der Waals surface area contributed by atoms with Crippen molar-refractivity contribution in [3.05, 3.63) is 33.8 Å². The summed E-state index contributed by atoms with van der Waals surface area (Å²) in [6, 6.07) is 4.49. The van der Waals surface area contributed by atoms with Gasteiger partial charge in [-0.1, -0.05) is 23.2 Å². The van der Waals surface area contributed by atoms with E-state index in [-0.39, 0.29) is 12.4 Å². The number of benzene rings is 1. The summed E-state index contributed by atoms with van der Waals surface area (Å²) in [6.07, 6.45) is 0.0912. The van der Waals surface area contributed by atoms with Crippen LogP contribution in [-0.4, -0.2) is 12.6 Å². The lowest BCUT2D eigenvalue weighted by Gasteiger charge is -2.13. The van der Waals surface area contributed by atoms with Gasteiger partial charge in [0, 0.05) is 16.1 Å².